The lowest BCUT2D eigenvalue weighted by atomic mass is 10.2. The summed E-state index contributed by atoms with van der Waals surface area (Å²) in [6.45, 7) is 1.87. The van der Waals surface area contributed by atoms with Gasteiger partial charge in [0, 0.05) is 30.4 Å². The van der Waals surface area contributed by atoms with Crippen molar-refractivity contribution in [1.82, 2.24) is 4.57 Å². The van der Waals surface area contributed by atoms with E-state index in [1.807, 2.05) is 31.1 Å². The standard InChI is InChI=1S/C20H19Cl2N3O3S/c1-4-28-17(26)11-25-18-15(22)9-13(21)10-16(18)29-20(25)23-19(27)12-5-7-14(8-6-12)24(2)3/h5-10H,4,11H2,1-3H3. The van der Waals surface area contributed by atoms with E-state index in [0.717, 1.165) is 10.4 Å². The minimum Gasteiger partial charge on any atom is -0.465 e. The van der Waals surface area contributed by atoms with Gasteiger partial charge in [-0.2, -0.15) is 4.99 Å². The predicted octanol–water partition coefficient (Wildman–Crippen LogP) is 4.38. The van der Waals surface area contributed by atoms with Gasteiger partial charge in [0.1, 0.15) is 6.54 Å². The van der Waals surface area contributed by atoms with E-state index < -0.39 is 11.9 Å². The van der Waals surface area contributed by atoms with Gasteiger partial charge < -0.3 is 14.2 Å². The average Bonchev–Trinajstić information content (AvgIpc) is 2.98. The summed E-state index contributed by atoms with van der Waals surface area (Å²) in [5.41, 5.74) is 2.01. The van der Waals surface area contributed by atoms with E-state index in [-0.39, 0.29) is 13.2 Å². The van der Waals surface area contributed by atoms with Crippen molar-refractivity contribution in [3.8, 4) is 0 Å². The summed E-state index contributed by atoms with van der Waals surface area (Å²) in [6.07, 6.45) is 0. The summed E-state index contributed by atoms with van der Waals surface area (Å²) in [4.78, 5) is 31.4. The molecule has 0 N–H and O–H groups in total. The van der Waals surface area contributed by atoms with Crippen LogP contribution in [0.15, 0.2) is 41.4 Å². The highest BCUT2D eigenvalue weighted by atomic mass is 35.5. The first-order valence-corrected chi connectivity index (χ1v) is 10.4. The Labute approximate surface area is 181 Å². The number of carbonyl (C=O) groups is 2. The van der Waals surface area contributed by atoms with E-state index >= 15 is 0 Å². The van der Waals surface area contributed by atoms with Crippen LogP contribution in [0.25, 0.3) is 10.2 Å². The number of halogens is 2. The first-order chi connectivity index (χ1) is 13.8. The Hall–Kier alpha value is -2.35. The minimum absolute atomic E-state index is 0.110. The lowest BCUT2D eigenvalue weighted by molar-refractivity contribution is -0.143. The third kappa shape index (κ3) is 4.80. The first-order valence-electron chi connectivity index (χ1n) is 8.80. The van der Waals surface area contributed by atoms with Crippen LogP contribution in [0.5, 0.6) is 0 Å². The molecule has 1 aromatic heterocycles. The number of benzene rings is 2. The minimum atomic E-state index is -0.442. The number of anilines is 1. The number of hydrogen-bond acceptors (Lipinski definition) is 5. The Balaban J connectivity index is 2.10. The number of carbonyl (C=O) groups excluding carboxylic acids is 2. The Morgan fingerprint density at radius 1 is 1.17 bits per heavy atom. The van der Waals surface area contributed by atoms with Gasteiger partial charge in [0.15, 0.2) is 4.80 Å². The van der Waals surface area contributed by atoms with Gasteiger partial charge in [0.2, 0.25) is 0 Å². The van der Waals surface area contributed by atoms with Crippen molar-refractivity contribution >= 4 is 62.3 Å². The fourth-order valence-electron chi connectivity index (χ4n) is 2.75. The van der Waals surface area contributed by atoms with Crippen LogP contribution in [0.3, 0.4) is 0 Å². The van der Waals surface area contributed by atoms with Gasteiger partial charge in [-0.15, -0.1) is 0 Å². The van der Waals surface area contributed by atoms with Gasteiger partial charge in [-0.3, -0.25) is 9.59 Å². The molecule has 0 fully saturated rings. The van der Waals surface area contributed by atoms with Crippen molar-refractivity contribution in [2.75, 3.05) is 25.6 Å². The van der Waals surface area contributed by atoms with Gasteiger partial charge in [-0.1, -0.05) is 34.5 Å². The van der Waals surface area contributed by atoms with Gasteiger partial charge in [0.05, 0.1) is 21.8 Å². The number of amides is 1. The van der Waals surface area contributed by atoms with Crippen molar-refractivity contribution < 1.29 is 14.3 Å². The zero-order valence-corrected chi connectivity index (χ0v) is 18.4. The van der Waals surface area contributed by atoms with Crippen LogP contribution in [-0.2, 0) is 16.1 Å². The molecule has 0 aliphatic carbocycles. The monoisotopic (exact) mass is 451 g/mol. The molecule has 0 atom stereocenters. The first kappa shape index (κ1) is 21.4. The van der Waals surface area contributed by atoms with E-state index in [2.05, 4.69) is 4.99 Å². The molecule has 0 unspecified atom stereocenters. The largest absolute Gasteiger partial charge is 0.465 e. The summed E-state index contributed by atoms with van der Waals surface area (Å²) < 4.78 is 7.36. The van der Waals surface area contributed by atoms with Crippen LogP contribution in [-0.4, -0.2) is 37.1 Å². The molecule has 9 heteroatoms. The summed E-state index contributed by atoms with van der Waals surface area (Å²) in [5.74, 6) is -0.857. The van der Waals surface area contributed by atoms with Crippen LogP contribution in [0.4, 0.5) is 5.69 Å². The van der Waals surface area contributed by atoms with Gasteiger partial charge in [0.25, 0.3) is 5.91 Å². The molecular formula is C20H19Cl2N3O3S. The molecule has 1 amide bonds. The third-order valence-electron chi connectivity index (χ3n) is 4.12. The van der Waals surface area contributed by atoms with E-state index in [4.69, 9.17) is 27.9 Å². The molecule has 1 heterocycles. The Morgan fingerprint density at radius 3 is 2.48 bits per heavy atom. The van der Waals surface area contributed by atoms with Gasteiger partial charge >= 0.3 is 5.97 Å². The maximum absolute atomic E-state index is 12.7. The topological polar surface area (TPSA) is 63.9 Å². The summed E-state index contributed by atoms with van der Waals surface area (Å²) in [7, 11) is 3.84. The summed E-state index contributed by atoms with van der Waals surface area (Å²) in [6, 6.07) is 10.4. The Kier molecular flexibility index (Phi) is 6.62. The second-order valence-corrected chi connectivity index (χ2v) is 8.22. The SMILES string of the molecule is CCOC(=O)Cn1c(=NC(=O)c2ccc(N(C)C)cc2)sc2cc(Cl)cc(Cl)c21. The van der Waals surface area contributed by atoms with E-state index in [1.165, 1.54) is 11.3 Å². The van der Waals surface area contributed by atoms with Gasteiger partial charge in [-0.05, 0) is 43.3 Å². The van der Waals surface area contributed by atoms with Crippen LogP contribution in [0.1, 0.15) is 17.3 Å². The zero-order valence-electron chi connectivity index (χ0n) is 16.1. The van der Waals surface area contributed by atoms with Crippen molar-refractivity contribution in [2.24, 2.45) is 4.99 Å². The Morgan fingerprint density at radius 2 is 1.86 bits per heavy atom. The molecule has 152 valence electrons. The predicted molar refractivity (Wildman–Crippen MR) is 117 cm³/mol. The highest BCUT2D eigenvalue weighted by Crippen LogP contribution is 2.29. The van der Waals surface area contributed by atoms with E-state index in [9.17, 15) is 9.59 Å². The molecule has 0 radical (unpaired) electrons. The molecule has 0 saturated carbocycles. The quantitative estimate of drug-likeness (QED) is 0.539. The van der Waals surface area contributed by atoms with E-state index in [0.29, 0.717) is 25.9 Å². The van der Waals surface area contributed by atoms with Crippen LogP contribution < -0.4 is 9.70 Å². The lowest BCUT2D eigenvalue weighted by Gasteiger charge is -2.11. The summed E-state index contributed by atoms with van der Waals surface area (Å²) in [5, 5.41) is 0.835. The highest BCUT2D eigenvalue weighted by Gasteiger charge is 2.16. The Bertz CT molecular complexity index is 1130. The molecular weight excluding hydrogens is 433 g/mol. The number of esters is 1. The second kappa shape index (κ2) is 8.98. The van der Waals surface area contributed by atoms with Crippen LogP contribution in [0, 0.1) is 0 Å². The van der Waals surface area contributed by atoms with Crippen molar-refractivity contribution in [2.45, 2.75) is 13.5 Å². The molecule has 2 aromatic carbocycles. The van der Waals surface area contributed by atoms with Crippen molar-refractivity contribution in [1.29, 1.82) is 0 Å². The number of aromatic nitrogens is 1. The molecule has 29 heavy (non-hydrogen) atoms. The zero-order chi connectivity index (χ0) is 21.1. The number of rotatable bonds is 5. The molecule has 0 spiro atoms. The normalized spacial score (nSPS) is 11.7. The molecule has 0 aliphatic heterocycles. The van der Waals surface area contributed by atoms with Crippen LogP contribution >= 0.6 is 34.5 Å². The molecule has 0 bridgehead atoms. The molecule has 0 saturated heterocycles. The van der Waals surface area contributed by atoms with Crippen molar-refractivity contribution in [3.05, 3.63) is 56.8 Å². The number of nitrogens with zero attached hydrogens (tertiary/aromatic N) is 3. The van der Waals surface area contributed by atoms with Crippen molar-refractivity contribution in [3.63, 3.8) is 0 Å². The maximum Gasteiger partial charge on any atom is 0.326 e. The number of fused-ring (bicyclic) bond motifs is 1. The fraction of sp³-hybridized carbons (Fsp3) is 0.250. The van der Waals surface area contributed by atoms with Gasteiger partial charge in [-0.25, -0.2) is 0 Å². The smallest absolute Gasteiger partial charge is 0.326 e. The summed E-state index contributed by atoms with van der Waals surface area (Å²) >= 11 is 13.7. The number of thiazole rings is 1. The maximum atomic E-state index is 12.7. The molecule has 3 aromatic rings. The van der Waals surface area contributed by atoms with Crippen LogP contribution in [0.2, 0.25) is 10.0 Å². The number of ether oxygens (including phenoxy) is 1. The lowest BCUT2D eigenvalue weighted by Crippen LogP contribution is -2.23. The molecule has 0 aliphatic rings. The van der Waals surface area contributed by atoms with E-state index in [1.54, 1.807) is 35.8 Å². The average molecular weight is 452 g/mol. The highest BCUT2D eigenvalue weighted by molar-refractivity contribution is 7.16. The molecule has 3 rings (SSSR count). The second-order valence-electron chi connectivity index (χ2n) is 6.37. The fourth-order valence-corrected chi connectivity index (χ4v) is 4.56. The number of hydrogen-bond donors (Lipinski definition) is 0. The third-order valence-corrected chi connectivity index (χ3v) is 5.65. The molecule has 6 nitrogen and oxygen atoms in total.